The summed E-state index contributed by atoms with van der Waals surface area (Å²) < 4.78 is 10.4. The molecule has 0 heterocycles. The average molecular weight is 307 g/mol. The molecule has 1 aromatic carbocycles. The summed E-state index contributed by atoms with van der Waals surface area (Å²) in [5.41, 5.74) is 0.945. The van der Waals surface area contributed by atoms with E-state index in [-0.39, 0.29) is 19.1 Å². The van der Waals surface area contributed by atoms with Gasteiger partial charge < -0.3 is 19.5 Å². The Kier molecular flexibility index (Phi) is 5.77. The van der Waals surface area contributed by atoms with E-state index in [4.69, 9.17) is 14.6 Å². The normalized spacial score (nSPS) is 13.7. The molecule has 6 nitrogen and oxygen atoms in total. The van der Waals surface area contributed by atoms with Gasteiger partial charge in [-0.1, -0.05) is 12.1 Å². The maximum atomic E-state index is 11.9. The Balaban J connectivity index is 1.73. The van der Waals surface area contributed by atoms with Crippen molar-refractivity contribution in [1.29, 1.82) is 0 Å². The second-order valence-electron chi connectivity index (χ2n) is 5.53. The van der Waals surface area contributed by atoms with Gasteiger partial charge in [0.05, 0.1) is 6.61 Å². The minimum Gasteiger partial charge on any atom is -0.482 e. The van der Waals surface area contributed by atoms with Gasteiger partial charge in [-0.15, -0.1) is 0 Å². The van der Waals surface area contributed by atoms with Crippen LogP contribution < -0.4 is 4.74 Å². The predicted octanol–water partition coefficient (Wildman–Crippen LogP) is 1.54. The zero-order valence-electron chi connectivity index (χ0n) is 12.7. The number of hydrogen-bond acceptors (Lipinski definition) is 4. The number of likely N-dealkylation sites (N-methyl/N-ethyl adjacent to an activating group) is 1. The summed E-state index contributed by atoms with van der Waals surface area (Å²) in [4.78, 5) is 23.9. The molecule has 0 spiro atoms. The number of amides is 1. The van der Waals surface area contributed by atoms with Crippen LogP contribution in [0.15, 0.2) is 24.3 Å². The van der Waals surface area contributed by atoms with Crippen LogP contribution in [0.1, 0.15) is 18.4 Å². The van der Waals surface area contributed by atoms with Crippen molar-refractivity contribution >= 4 is 11.9 Å². The number of carbonyl (C=O) groups excluding carboxylic acids is 1. The van der Waals surface area contributed by atoms with Crippen molar-refractivity contribution in [2.24, 2.45) is 5.92 Å². The van der Waals surface area contributed by atoms with Gasteiger partial charge in [0, 0.05) is 13.6 Å². The molecule has 0 unspecified atom stereocenters. The van der Waals surface area contributed by atoms with Crippen LogP contribution in [0, 0.1) is 5.92 Å². The summed E-state index contributed by atoms with van der Waals surface area (Å²) in [5.74, 6) is 0.0804. The molecule has 6 heteroatoms. The number of carboxylic acids is 1. The van der Waals surface area contributed by atoms with E-state index >= 15 is 0 Å². The minimum absolute atomic E-state index is 0.0492. The average Bonchev–Trinajstić information content (AvgIpc) is 3.30. The molecular formula is C16H21NO5. The molecule has 1 fully saturated rings. The Morgan fingerprint density at radius 2 is 1.91 bits per heavy atom. The molecular weight excluding hydrogens is 286 g/mol. The summed E-state index contributed by atoms with van der Waals surface area (Å²) in [7, 11) is 1.73. The first-order valence-electron chi connectivity index (χ1n) is 7.30. The molecule has 1 saturated carbocycles. The molecule has 0 saturated heterocycles. The van der Waals surface area contributed by atoms with Crippen molar-refractivity contribution in [3.63, 3.8) is 0 Å². The third-order valence-electron chi connectivity index (χ3n) is 3.41. The van der Waals surface area contributed by atoms with Crippen LogP contribution in [-0.2, 0) is 20.9 Å². The fourth-order valence-corrected chi connectivity index (χ4v) is 1.91. The zero-order valence-corrected chi connectivity index (χ0v) is 12.7. The third-order valence-corrected chi connectivity index (χ3v) is 3.41. The van der Waals surface area contributed by atoms with E-state index in [1.54, 1.807) is 24.1 Å². The molecule has 22 heavy (non-hydrogen) atoms. The van der Waals surface area contributed by atoms with Gasteiger partial charge in [-0.2, -0.15) is 0 Å². The number of nitrogens with zero attached hydrogens (tertiary/aromatic N) is 1. The number of benzene rings is 1. The van der Waals surface area contributed by atoms with Gasteiger partial charge in [-0.25, -0.2) is 4.79 Å². The van der Waals surface area contributed by atoms with Crippen LogP contribution in [0.3, 0.4) is 0 Å². The lowest BCUT2D eigenvalue weighted by atomic mass is 10.2. The Morgan fingerprint density at radius 1 is 1.23 bits per heavy atom. The third kappa shape index (κ3) is 5.73. The fraction of sp³-hybridized carbons (Fsp3) is 0.500. The van der Waals surface area contributed by atoms with Crippen molar-refractivity contribution in [1.82, 2.24) is 4.90 Å². The Labute approximate surface area is 129 Å². The topological polar surface area (TPSA) is 76.1 Å². The summed E-state index contributed by atoms with van der Waals surface area (Å²) in [6.45, 7) is 0.906. The lowest BCUT2D eigenvalue weighted by Gasteiger charge is -2.17. The molecule has 1 aliphatic rings. The lowest BCUT2D eigenvalue weighted by molar-refractivity contribution is -0.139. The van der Waals surface area contributed by atoms with E-state index in [1.807, 2.05) is 12.1 Å². The maximum Gasteiger partial charge on any atom is 0.341 e. The van der Waals surface area contributed by atoms with Crippen LogP contribution >= 0.6 is 0 Å². The maximum absolute atomic E-state index is 11.9. The number of ether oxygens (including phenoxy) is 2. The van der Waals surface area contributed by atoms with Crippen LogP contribution in [-0.4, -0.2) is 48.8 Å². The first-order chi connectivity index (χ1) is 10.5. The summed E-state index contributed by atoms with van der Waals surface area (Å²) in [6.07, 6.45) is 2.42. The molecule has 2 rings (SSSR count). The monoisotopic (exact) mass is 307 g/mol. The predicted molar refractivity (Wildman–Crippen MR) is 79.6 cm³/mol. The van der Waals surface area contributed by atoms with Crippen LogP contribution in [0.25, 0.3) is 0 Å². The van der Waals surface area contributed by atoms with Crippen molar-refractivity contribution in [2.45, 2.75) is 19.4 Å². The van der Waals surface area contributed by atoms with E-state index in [2.05, 4.69) is 0 Å². The summed E-state index contributed by atoms with van der Waals surface area (Å²) in [5, 5.41) is 8.54. The zero-order chi connectivity index (χ0) is 15.9. The van der Waals surface area contributed by atoms with Crippen molar-refractivity contribution < 1.29 is 24.2 Å². The Bertz CT molecular complexity index is 510. The van der Waals surface area contributed by atoms with E-state index < -0.39 is 5.97 Å². The number of aliphatic carboxylic acids is 1. The fourth-order valence-electron chi connectivity index (χ4n) is 1.91. The van der Waals surface area contributed by atoms with E-state index in [9.17, 15) is 9.59 Å². The van der Waals surface area contributed by atoms with E-state index in [0.717, 1.165) is 5.56 Å². The highest BCUT2D eigenvalue weighted by molar-refractivity contribution is 5.77. The first kappa shape index (κ1) is 16.3. The summed E-state index contributed by atoms with van der Waals surface area (Å²) >= 11 is 0. The standard InChI is InChI=1S/C16H21NO5/c1-17(15(18)10-21-9-13-2-3-13)8-12-4-6-14(7-5-12)22-11-16(19)20/h4-7,13H,2-3,8-11H2,1H3,(H,19,20). The van der Waals surface area contributed by atoms with E-state index in [1.165, 1.54) is 12.8 Å². The number of hydrogen-bond donors (Lipinski definition) is 1. The molecule has 120 valence electrons. The van der Waals surface area contributed by atoms with Gasteiger partial charge >= 0.3 is 5.97 Å². The Morgan fingerprint density at radius 3 is 2.50 bits per heavy atom. The van der Waals surface area contributed by atoms with Crippen LogP contribution in [0.4, 0.5) is 0 Å². The highest BCUT2D eigenvalue weighted by Gasteiger charge is 2.21. The molecule has 0 aliphatic heterocycles. The molecule has 1 amide bonds. The smallest absolute Gasteiger partial charge is 0.341 e. The highest BCUT2D eigenvalue weighted by Crippen LogP contribution is 2.28. The second kappa shape index (κ2) is 7.79. The van der Waals surface area contributed by atoms with Crippen molar-refractivity contribution in [3.8, 4) is 5.75 Å². The SMILES string of the molecule is CN(Cc1ccc(OCC(=O)O)cc1)C(=O)COCC1CC1. The second-order valence-corrected chi connectivity index (χ2v) is 5.53. The van der Waals surface area contributed by atoms with Crippen molar-refractivity contribution in [2.75, 3.05) is 26.9 Å². The Hall–Kier alpha value is -2.08. The largest absolute Gasteiger partial charge is 0.482 e. The van der Waals surface area contributed by atoms with Crippen LogP contribution in [0.2, 0.25) is 0 Å². The molecule has 0 radical (unpaired) electrons. The van der Waals surface area contributed by atoms with Gasteiger partial charge in [-0.05, 0) is 36.5 Å². The molecule has 0 aromatic heterocycles. The highest BCUT2D eigenvalue weighted by atomic mass is 16.5. The van der Waals surface area contributed by atoms with E-state index in [0.29, 0.717) is 24.8 Å². The van der Waals surface area contributed by atoms with Gasteiger partial charge in [-0.3, -0.25) is 4.79 Å². The molecule has 1 aromatic rings. The van der Waals surface area contributed by atoms with Gasteiger partial charge in [0.1, 0.15) is 12.4 Å². The van der Waals surface area contributed by atoms with Gasteiger partial charge in [0.15, 0.2) is 6.61 Å². The van der Waals surface area contributed by atoms with Crippen LogP contribution in [0.5, 0.6) is 5.75 Å². The summed E-state index contributed by atoms with van der Waals surface area (Å²) in [6, 6.07) is 7.01. The molecule has 1 aliphatic carbocycles. The minimum atomic E-state index is -1.01. The first-order valence-corrected chi connectivity index (χ1v) is 7.30. The molecule has 0 atom stereocenters. The van der Waals surface area contributed by atoms with Gasteiger partial charge in [0.2, 0.25) is 5.91 Å². The van der Waals surface area contributed by atoms with Crippen molar-refractivity contribution in [3.05, 3.63) is 29.8 Å². The number of carbonyl (C=O) groups is 2. The number of rotatable bonds is 9. The molecule has 0 bridgehead atoms. The molecule has 1 N–H and O–H groups in total. The quantitative estimate of drug-likeness (QED) is 0.749. The lowest BCUT2D eigenvalue weighted by Crippen LogP contribution is -2.30. The van der Waals surface area contributed by atoms with Gasteiger partial charge in [0.25, 0.3) is 0 Å². The number of carboxylic acid groups (broad SMARTS) is 1.